The number of nitrogens with zero attached hydrogens (tertiary/aromatic N) is 2. The molecule has 1 atom stereocenters. The van der Waals surface area contributed by atoms with Gasteiger partial charge in [0.2, 0.25) is 5.91 Å². The Morgan fingerprint density at radius 1 is 1.56 bits per heavy atom. The maximum absolute atomic E-state index is 11.8. The van der Waals surface area contributed by atoms with E-state index in [4.69, 9.17) is 5.26 Å². The molecule has 0 aliphatic carbocycles. The first kappa shape index (κ1) is 12.3. The van der Waals surface area contributed by atoms with Gasteiger partial charge in [-0.1, -0.05) is 12.1 Å². The van der Waals surface area contributed by atoms with Crippen molar-refractivity contribution >= 4 is 12.0 Å². The molecule has 1 aliphatic rings. The van der Waals surface area contributed by atoms with Gasteiger partial charge in [0.25, 0.3) is 0 Å². The van der Waals surface area contributed by atoms with Crippen LogP contribution in [-0.2, 0) is 4.79 Å². The summed E-state index contributed by atoms with van der Waals surface area (Å²) in [6.45, 7) is 1.00. The third kappa shape index (κ3) is 2.96. The Bertz CT molecular complexity index is 517. The van der Waals surface area contributed by atoms with Crippen LogP contribution in [0.1, 0.15) is 17.5 Å². The van der Waals surface area contributed by atoms with Gasteiger partial charge in [-0.3, -0.25) is 4.79 Å². The van der Waals surface area contributed by atoms with Gasteiger partial charge in [-0.25, -0.2) is 0 Å². The van der Waals surface area contributed by atoms with Crippen molar-refractivity contribution in [3.63, 3.8) is 0 Å². The van der Waals surface area contributed by atoms with Crippen molar-refractivity contribution in [2.75, 3.05) is 13.1 Å². The summed E-state index contributed by atoms with van der Waals surface area (Å²) >= 11 is 0. The number of aliphatic hydroxyl groups is 1. The minimum atomic E-state index is -0.399. The first-order valence-corrected chi connectivity index (χ1v) is 5.84. The fourth-order valence-corrected chi connectivity index (χ4v) is 1.93. The lowest BCUT2D eigenvalue weighted by atomic mass is 10.1. The van der Waals surface area contributed by atoms with Crippen LogP contribution in [0.15, 0.2) is 30.3 Å². The second-order valence-electron chi connectivity index (χ2n) is 4.30. The summed E-state index contributed by atoms with van der Waals surface area (Å²) in [6.07, 6.45) is 3.41. The van der Waals surface area contributed by atoms with Crippen LogP contribution in [0.25, 0.3) is 6.08 Å². The highest BCUT2D eigenvalue weighted by Gasteiger charge is 2.22. The van der Waals surface area contributed by atoms with Gasteiger partial charge in [0.05, 0.1) is 17.7 Å². The molecule has 0 radical (unpaired) electrons. The number of hydrogen-bond acceptors (Lipinski definition) is 3. The topological polar surface area (TPSA) is 64.3 Å². The van der Waals surface area contributed by atoms with Crippen LogP contribution in [0.2, 0.25) is 0 Å². The van der Waals surface area contributed by atoms with Crippen LogP contribution in [0.3, 0.4) is 0 Å². The van der Waals surface area contributed by atoms with Crippen molar-refractivity contribution in [1.82, 2.24) is 4.90 Å². The SMILES string of the molecule is N#Cc1cccc(C=CC(=O)N2CC[C@H](O)C2)c1. The number of nitriles is 1. The number of carbonyl (C=O) groups excluding carboxylic acids is 1. The van der Waals surface area contributed by atoms with E-state index < -0.39 is 6.10 Å². The van der Waals surface area contributed by atoms with E-state index in [1.165, 1.54) is 6.08 Å². The smallest absolute Gasteiger partial charge is 0.246 e. The van der Waals surface area contributed by atoms with Gasteiger partial charge in [-0.15, -0.1) is 0 Å². The molecule has 1 aromatic rings. The Labute approximate surface area is 106 Å². The maximum atomic E-state index is 11.8. The van der Waals surface area contributed by atoms with Gasteiger partial charge in [-0.2, -0.15) is 5.26 Å². The minimum Gasteiger partial charge on any atom is -0.391 e. The average molecular weight is 242 g/mol. The van der Waals surface area contributed by atoms with E-state index in [-0.39, 0.29) is 5.91 Å². The van der Waals surface area contributed by atoms with Gasteiger partial charge in [0.1, 0.15) is 0 Å². The lowest BCUT2D eigenvalue weighted by Gasteiger charge is -2.12. The van der Waals surface area contributed by atoms with Crippen LogP contribution in [-0.4, -0.2) is 35.1 Å². The summed E-state index contributed by atoms with van der Waals surface area (Å²) in [5.74, 6) is -0.103. The number of β-amino-alcohol motifs (C(OH)–C–C–N with tert-alkyl or cyclic N) is 1. The molecule has 1 fully saturated rings. The van der Waals surface area contributed by atoms with Crippen LogP contribution in [0.4, 0.5) is 0 Å². The van der Waals surface area contributed by atoms with E-state index in [1.54, 1.807) is 29.2 Å². The molecule has 0 bridgehead atoms. The summed E-state index contributed by atoms with van der Waals surface area (Å²) in [6, 6.07) is 9.11. The first-order chi connectivity index (χ1) is 8.69. The first-order valence-electron chi connectivity index (χ1n) is 5.84. The number of rotatable bonds is 2. The summed E-state index contributed by atoms with van der Waals surface area (Å²) in [5, 5.41) is 18.1. The predicted octanol–water partition coefficient (Wildman–Crippen LogP) is 1.16. The number of amides is 1. The Kier molecular flexibility index (Phi) is 3.75. The van der Waals surface area contributed by atoms with Crippen molar-refractivity contribution in [2.45, 2.75) is 12.5 Å². The van der Waals surface area contributed by atoms with Gasteiger partial charge >= 0.3 is 0 Å². The molecule has 92 valence electrons. The Balaban J connectivity index is 2.02. The molecule has 0 unspecified atom stereocenters. The predicted molar refractivity (Wildman–Crippen MR) is 67.4 cm³/mol. The van der Waals surface area contributed by atoms with Crippen LogP contribution in [0.5, 0.6) is 0 Å². The summed E-state index contributed by atoms with van der Waals surface area (Å²) in [5.41, 5.74) is 1.39. The van der Waals surface area contributed by atoms with Crippen molar-refractivity contribution in [3.8, 4) is 6.07 Å². The number of aliphatic hydroxyl groups excluding tert-OH is 1. The average Bonchev–Trinajstić information content (AvgIpc) is 2.83. The van der Waals surface area contributed by atoms with Crippen molar-refractivity contribution in [3.05, 3.63) is 41.5 Å². The molecule has 1 N–H and O–H groups in total. The molecule has 1 aromatic carbocycles. The van der Waals surface area contributed by atoms with E-state index in [1.807, 2.05) is 6.07 Å². The van der Waals surface area contributed by atoms with Crippen molar-refractivity contribution < 1.29 is 9.90 Å². The fraction of sp³-hybridized carbons (Fsp3) is 0.286. The minimum absolute atomic E-state index is 0.103. The number of carbonyl (C=O) groups is 1. The Hall–Kier alpha value is -2.12. The maximum Gasteiger partial charge on any atom is 0.246 e. The van der Waals surface area contributed by atoms with Gasteiger partial charge in [0.15, 0.2) is 0 Å². The molecular formula is C14H14N2O2. The number of likely N-dealkylation sites (tertiary alicyclic amines) is 1. The van der Waals surface area contributed by atoms with Gasteiger partial charge < -0.3 is 10.0 Å². The summed E-state index contributed by atoms with van der Waals surface area (Å²) in [7, 11) is 0. The van der Waals surface area contributed by atoms with Crippen molar-refractivity contribution in [1.29, 1.82) is 5.26 Å². The number of benzene rings is 1. The molecule has 0 saturated carbocycles. The Morgan fingerprint density at radius 3 is 3.06 bits per heavy atom. The molecule has 4 heteroatoms. The lowest BCUT2D eigenvalue weighted by molar-refractivity contribution is -0.125. The summed E-state index contributed by atoms with van der Waals surface area (Å²) in [4.78, 5) is 13.4. The molecule has 1 aliphatic heterocycles. The van der Waals surface area contributed by atoms with E-state index in [2.05, 4.69) is 6.07 Å². The normalized spacial score (nSPS) is 19.1. The van der Waals surface area contributed by atoms with Crippen LogP contribution < -0.4 is 0 Å². The second-order valence-corrected chi connectivity index (χ2v) is 4.30. The quantitative estimate of drug-likeness (QED) is 0.792. The van der Waals surface area contributed by atoms with E-state index in [0.29, 0.717) is 25.1 Å². The second kappa shape index (κ2) is 5.48. The Morgan fingerprint density at radius 2 is 2.39 bits per heavy atom. The zero-order valence-electron chi connectivity index (χ0n) is 9.91. The van der Waals surface area contributed by atoms with Gasteiger partial charge in [0, 0.05) is 19.2 Å². The van der Waals surface area contributed by atoms with Crippen LogP contribution in [0, 0.1) is 11.3 Å². The lowest BCUT2D eigenvalue weighted by Crippen LogP contribution is -2.27. The molecule has 0 spiro atoms. The standard InChI is InChI=1S/C14H14N2O2/c15-9-12-3-1-2-11(8-12)4-5-14(18)16-7-6-13(17)10-16/h1-5,8,13,17H,6-7,10H2/t13-/m0/s1. The highest BCUT2D eigenvalue weighted by Crippen LogP contribution is 2.11. The fourth-order valence-electron chi connectivity index (χ4n) is 1.93. The molecule has 0 aromatic heterocycles. The van der Waals surface area contributed by atoms with E-state index in [0.717, 1.165) is 5.56 Å². The van der Waals surface area contributed by atoms with Crippen molar-refractivity contribution in [2.24, 2.45) is 0 Å². The summed E-state index contributed by atoms with van der Waals surface area (Å²) < 4.78 is 0. The third-order valence-electron chi connectivity index (χ3n) is 2.91. The largest absolute Gasteiger partial charge is 0.391 e. The zero-order valence-corrected chi connectivity index (χ0v) is 9.91. The molecule has 2 rings (SSSR count). The van der Waals surface area contributed by atoms with E-state index in [9.17, 15) is 9.90 Å². The molecule has 4 nitrogen and oxygen atoms in total. The number of hydrogen-bond donors (Lipinski definition) is 1. The van der Waals surface area contributed by atoms with Crippen LogP contribution >= 0.6 is 0 Å². The molecule has 1 heterocycles. The molecule has 1 saturated heterocycles. The third-order valence-corrected chi connectivity index (χ3v) is 2.91. The zero-order chi connectivity index (χ0) is 13.0. The monoisotopic (exact) mass is 242 g/mol. The molecule has 18 heavy (non-hydrogen) atoms. The highest BCUT2D eigenvalue weighted by atomic mass is 16.3. The van der Waals surface area contributed by atoms with Gasteiger partial charge in [-0.05, 0) is 30.2 Å². The molecule has 1 amide bonds. The highest BCUT2D eigenvalue weighted by molar-refractivity contribution is 5.92. The van der Waals surface area contributed by atoms with E-state index >= 15 is 0 Å². The molecular weight excluding hydrogens is 228 g/mol.